The van der Waals surface area contributed by atoms with Gasteiger partial charge in [0, 0.05) is 6.08 Å². The molecule has 0 aliphatic rings. The summed E-state index contributed by atoms with van der Waals surface area (Å²) in [5.74, 6) is -1.34. The van der Waals surface area contributed by atoms with Crippen LogP contribution in [-0.2, 0) is 9.53 Å². The summed E-state index contributed by atoms with van der Waals surface area (Å²) >= 11 is 1.17. The summed E-state index contributed by atoms with van der Waals surface area (Å²) in [5, 5.41) is 4.25. The van der Waals surface area contributed by atoms with E-state index in [0.717, 1.165) is 0 Å². The van der Waals surface area contributed by atoms with Crippen LogP contribution in [0.2, 0.25) is 0 Å². The van der Waals surface area contributed by atoms with E-state index in [-0.39, 0.29) is 5.75 Å². The summed E-state index contributed by atoms with van der Waals surface area (Å²) in [6.45, 7) is 0. The molecule has 0 spiro atoms. The maximum atomic E-state index is 13.6. The summed E-state index contributed by atoms with van der Waals surface area (Å²) in [7, 11) is 2.65. The van der Waals surface area contributed by atoms with Crippen LogP contribution in [0.5, 0.6) is 5.75 Å². The minimum atomic E-state index is -0.517. The Labute approximate surface area is 136 Å². The van der Waals surface area contributed by atoms with Crippen molar-refractivity contribution in [3.63, 3.8) is 0 Å². The molecule has 0 atom stereocenters. The van der Waals surface area contributed by atoms with Crippen molar-refractivity contribution in [1.29, 1.82) is 0 Å². The molecule has 1 heterocycles. The molecule has 0 fully saturated rings. The molecule has 0 saturated carbocycles. The number of methoxy groups -OCH3 is 2. The summed E-state index contributed by atoms with van der Waals surface area (Å²) in [6.07, 6.45) is 2.71. The largest absolute Gasteiger partial charge is 0.494 e. The number of halogens is 1. The van der Waals surface area contributed by atoms with E-state index in [2.05, 4.69) is 10.1 Å². The normalized spacial score (nSPS) is 10.6. The highest BCUT2D eigenvalue weighted by Crippen LogP contribution is 2.23. The summed E-state index contributed by atoms with van der Waals surface area (Å²) in [6, 6.07) is 5.96. The van der Waals surface area contributed by atoms with Crippen molar-refractivity contribution in [2.45, 2.75) is 0 Å². The van der Waals surface area contributed by atoms with E-state index < -0.39 is 17.7 Å². The molecule has 1 aromatic carbocycles. The molecule has 0 bridgehead atoms. The fourth-order valence-corrected chi connectivity index (χ4v) is 2.56. The lowest BCUT2D eigenvalue weighted by Gasteiger charge is -2.03. The van der Waals surface area contributed by atoms with Gasteiger partial charge in [0.2, 0.25) is 5.91 Å². The molecule has 2 rings (SSSR count). The van der Waals surface area contributed by atoms with Gasteiger partial charge in [-0.1, -0.05) is 6.07 Å². The van der Waals surface area contributed by atoms with Crippen LogP contribution in [0, 0.1) is 5.82 Å². The second kappa shape index (κ2) is 7.55. The zero-order chi connectivity index (χ0) is 16.8. The van der Waals surface area contributed by atoms with Gasteiger partial charge >= 0.3 is 5.97 Å². The zero-order valence-electron chi connectivity index (χ0n) is 12.5. The first-order valence-electron chi connectivity index (χ1n) is 6.53. The number of amides is 1. The van der Waals surface area contributed by atoms with Gasteiger partial charge in [0.05, 0.1) is 19.9 Å². The molecule has 0 aliphatic carbocycles. The highest BCUT2D eigenvalue weighted by Gasteiger charge is 2.14. The third-order valence-electron chi connectivity index (χ3n) is 2.90. The lowest BCUT2D eigenvalue weighted by molar-refractivity contribution is -0.111. The van der Waals surface area contributed by atoms with Crippen LogP contribution < -0.4 is 10.1 Å². The van der Waals surface area contributed by atoms with Crippen LogP contribution in [0.3, 0.4) is 0 Å². The van der Waals surface area contributed by atoms with E-state index >= 15 is 0 Å². The number of hydrogen-bond acceptors (Lipinski definition) is 5. The SMILES string of the molecule is COC(=O)c1sccc1NC(=O)C=Cc1ccc(OC)c(F)c1. The van der Waals surface area contributed by atoms with Crippen molar-refractivity contribution in [3.8, 4) is 5.75 Å². The molecule has 120 valence electrons. The number of esters is 1. The third-order valence-corrected chi connectivity index (χ3v) is 3.79. The van der Waals surface area contributed by atoms with Gasteiger partial charge in [0.15, 0.2) is 11.6 Å². The minimum Gasteiger partial charge on any atom is -0.494 e. The van der Waals surface area contributed by atoms with E-state index in [4.69, 9.17) is 4.74 Å². The van der Waals surface area contributed by atoms with Crippen LogP contribution >= 0.6 is 11.3 Å². The maximum Gasteiger partial charge on any atom is 0.350 e. The molecule has 1 N–H and O–H groups in total. The molecule has 0 radical (unpaired) electrons. The first-order valence-corrected chi connectivity index (χ1v) is 7.41. The first kappa shape index (κ1) is 16.7. The second-order valence-corrected chi connectivity index (χ2v) is 5.29. The van der Waals surface area contributed by atoms with Crippen molar-refractivity contribution in [1.82, 2.24) is 0 Å². The van der Waals surface area contributed by atoms with Gasteiger partial charge in [0.1, 0.15) is 4.88 Å². The van der Waals surface area contributed by atoms with Crippen molar-refractivity contribution in [3.05, 3.63) is 52.0 Å². The molecule has 1 amide bonds. The Hall–Kier alpha value is -2.67. The Balaban J connectivity index is 2.06. The van der Waals surface area contributed by atoms with Gasteiger partial charge in [-0.2, -0.15) is 0 Å². The van der Waals surface area contributed by atoms with E-state index in [0.29, 0.717) is 16.1 Å². The lowest BCUT2D eigenvalue weighted by atomic mass is 10.2. The van der Waals surface area contributed by atoms with E-state index in [1.165, 1.54) is 49.8 Å². The number of carbonyl (C=O) groups is 2. The van der Waals surface area contributed by atoms with Gasteiger partial charge in [-0.15, -0.1) is 11.3 Å². The monoisotopic (exact) mass is 335 g/mol. The van der Waals surface area contributed by atoms with Crippen molar-refractivity contribution in [2.75, 3.05) is 19.5 Å². The first-order chi connectivity index (χ1) is 11.0. The number of benzene rings is 1. The molecule has 23 heavy (non-hydrogen) atoms. The smallest absolute Gasteiger partial charge is 0.350 e. The summed E-state index contributed by atoms with van der Waals surface area (Å²) in [4.78, 5) is 23.7. The standard InChI is InChI=1S/C16H14FNO4S/c1-21-13-5-3-10(9-11(13)17)4-6-14(19)18-12-7-8-23-15(12)16(20)22-2/h3-9H,1-2H3,(H,18,19). The van der Waals surface area contributed by atoms with Crippen molar-refractivity contribution >= 4 is 35.0 Å². The Morgan fingerprint density at radius 1 is 1.26 bits per heavy atom. The Morgan fingerprint density at radius 3 is 2.70 bits per heavy atom. The van der Waals surface area contributed by atoms with Gasteiger partial charge in [-0.25, -0.2) is 9.18 Å². The second-order valence-electron chi connectivity index (χ2n) is 4.37. The zero-order valence-corrected chi connectivity index (χ0v) is 13.3. The molecule has 5 nitrogen and oxygen atoms in total. The van der Waals surface area contributed by atoms with E-state index in [1.54, 1.807) is 17.5 Å². The summed E-state index contributed by atoms with van der Waals surface area (Å²) in [5.41, 5.74) is 0.884. The van der Waals surface area contributed by atoms with Gasteiger partial charge in [-0.05, 0) is 35.2 Å². The molecular formula is C16H14FNO4S. The lowest BCUT2D eigenvalue weighted by Crippen LogP contribution is -2.10. The molecule has 1 aromatic heterocycles. The predicted molar refractivity (Wildman–Crippen MR) is 86.3 cm³/mol. The number of hydrogen-bond donors (Lipinski definition) is 1. The highest BCUT2D eigenvalue weighted by atomic mass is 32.1. The quantitative estimate of drug-likeness (QED) is 0.672. The highest BCUT2D eigenvalue weighted by molar-refractivity contribution is 7.12. The predicted octanol–water partition coefficient (Wildman–Crippen LogP) is 3.33. The van der Waals surface area contributed by atoms with E-state index in [9.17, 15) is 14.0 Å². The van der Waals surface area contributed by atoms with Crippen molar-refractivity contribution < 1.29 is 23.5 Å². The van der Waals surface area contributed by atoms with Gasteiger partial charge < -0.3 is 14.8 Å². The Kier molecular flexibility index (Phi) is 5.48. The fourth-order valence-electron chi connectivity index (χ4n) is 1.79. The van der Waals surface area contributed by atoms with Gasteiger partial charge in [0.25, 0.3) is 0 Å². The average molecular weight is 335 g/mol. The molecule has 2 aromatic rings. The fraction of sp³-hybridized carbons (Fsp3) is 0.125. The molecule has 0 saturated heterocycles. The average Bonchev–Trinajstić information content (AvgIpc) is 3.00. The van der Waals surface area contributed by atoms with Crippen LogP contribution in [-0.4, -0.2) is 26.1 Å². The molecular weight excluding hydrogens is 321 g/mol. The minimum absolute atomic E-state index is 0.132. The molecule has 0 aliphatic heterocycles. The number of thiophene rings is 1. The number of anilines is 1. The third kappa shape index (κ3) is 4.17. The van der Waals surface area contributed by atoms with Crippen molar-refractivity contribution in [2.24, 2.45) is 0 Å². The maximum absolute atomic E-state index is 13.6. The molecule has 0 unspecified atom stereocenters. The van der Waals surface area contributed by atoms with Crippen LogP contribution in [0.1, 0.15) is 15.2 Å². The number of ether oxygens (including phenoxy) is 2. The summed E-state index contributed by atoms with van der Waals surface area (Å²) < 4.78 is 23.0. The number of nitrogens with one attached hydrogen (secondary N) is 1. The van der Waals surface area contributed by atoms with Crippen LogP contribution in [0.15, 0.2) is 35.7 Å². The number of carbonyl (C=O) groups excluding carboxylic acids is 2. The van der Waals surface area contributed by atoms with E-state index in [1.807, 2.05) is 0 Å². The van der Waals surface area contributed by atoms with Crippen LogP contribution in [0.4, 0.5) is 10.1 Å². The number of rotatable bonds is 5. The molecule has 7 heteroatoms. The topological polar surface area (TPSA) is 64.6 Å². The Morgan fingerprint density at radius 2 is 2.04 bits per heavy atom. The van der Waals surface area contributed by atoms with Gasteiger partial charge in [-0.3, -0.25) is 4.79 Å². The van der Waals surface area contributed by atoms with Crippen LogP contribution in [0.25, 0.3) is 6.08 Å². The Bertz CT molecular complexity index is 754.